The molecule has 3 heterocycles. The van der Waals surface area contributed by atoms with Crippen LogP contribution in [0.2, 0.25) is 0 Å². The monoisotopic (exact) mass is 583 g/mol. The maximum atomic E-state index is 12.2. The molecule has 5 rings (SSSR count). The molecule has 41 heavy (non-hydrogen) atoms. The molecule has 0 unspecified atom stereocenters. The van der Waals surface area contributed by atoms with Crippen molar-refractivity contribution in [3.8, 4) is 0 Å². The number of hydrogen-bond acceptors (Lipinski definition) is 6. The van der Waals surface area contributed by atoms with E-state index in [9.17, 15) is 31.5 Å². The van der Waals surface area contributed by atoms with Gasteiger partial charge in [0.15, 0.2) is 5.65 Å². The predicted octanol–water partition coefficient (Wildman–Crippen LogP) is 5.47. The van der Waals surface area contributed by atoms with Crippen LogP contribution in [0.4, 0.5) is 22.0 Å². The number of aromatic nitrogens is 5. The topological polar surface area (TPSA) is 114 Å². The van der Waals surface area contributed by atoms with Gasteiger partial charge < -0.3 is 10.6 Å². The molecule has 0 bridgehead atoms. The van der Waals surface area contributed by atoms with E-state index in [1.54, 1.807) is 25.4 Å². The molecule has 0 aliphatic heterocycles. The van der Waals surface area contributed by atoms with Crippen molar-refractivity contribution in [2.75, 3.05) is 0 Å². The molecular weight excluding hydrogens is 549 g/mol. The van der Waals surface area contributed by atoms with E-state index in [0.717, 1.165) is 6.42 Å². The summed E-state index contributed by atoms with van der Waals surface area (Å²) >= 11 is 0. The summed E-state index contributed by atoms with van der Waals surface area (Å²) in [4.78, 5) is 36.0. The highest BCUT2D eigenvalue weighted by Gasteiger charge is 2.30. The van der Waals surface area contributed by atoms with Gasteiger partial charge in [0.2, 0.25) is 11.8 Å². The highest BCUT2D eigenvalue weighted by molar-refractivity contribution is 5.91. The molecule has 0 spiro atoms. The van der Waals surface area contributed by atoms with Crippen molar-refractivity contribution in [1.82, 2.24) is 35.2 Å². The zero-order valence-corrected chi connectivity index (χ0v) is 22.8. The van der Waals surface area contributed by atoms with Gasteiger partial charge in [0.05, 0.1) is 42.9 Å². The zero-order chi connectivity index (χ0) is 29.9. The van der Waals surface area contributed by atoms with E-state index in [1.165, 1.54) is 36.2 Å². The van der Waals surface area contributed by atoms with Crippen LogP contribution in [-0.2, 0) is 17.9 Å². The van der Waals surface area contributed by atoms with Crippen LogP contribution in [0.1, 0.15) is 91.6 Å². The molecule has 14 heteroatoms. The van der Waals surface area contributed by atoms with Gasteiger partial charge in [-0.15, -0.1) is 0 Å². The number of carbonyl (C=O) groups is 2. The second-order valence-electron chi connectivity index (χ2n) is 10.00. The van der Waals surface area contributed by atoms with Gasteiger partial charge in [0.1, 0.15) is 5.69 Å². The Morgan fingerprint density at radius 2 is 1.63 bits per heavy atom. The number of carbonyl (C=O) groups excluding carboxylic acids is 2. The number of fused-ring (bicyclic) bond motifs is 1. The van der Waals surface area contributed by atoms with Crippen LogP contribution < -0.4 is 10.6 Å². The van der Waals surface area contributed by atoms with Crippen molar-refractivity contribution >= 4 is 17.5 Å². The Labute approximate surface area is 234 Å². The van der Waals surface area contributed by atoms with E-state index < -0.39 is 36.8 Å². The third-order valence-electron chi connectivity index (χ3n) is 5.91. The number of alkyl halides is 5. The maximum absolute atomic E-state index is 12.2. The Morgan fingerprint density at radius 1 is 0.951 bits per heavy atom. The summed E-state index contributed by atoms with van der Waals surface area (Å²) in [6.45, 7) is 1.90. The summed E-state index contributed by atoms with van der Waals surface area (Å²) < 4.78 is 62.3. The molecule has 3 aromatic rings. The fraction of sp³-hybridized carbons (Fsp3) is 0.556. The first kappa shape index (κ1) is 31.8. The van der Waals surface area contributed by atoms with Crippen molar-refractivity contribution in [3.05, 3.63) is 53.5 Å². The third kappa shape index (κ3) is 12.6. The van der Waals surface area contributed by atoms with Crippen LogP contribution in [0.25, 0.3) is 5.65 Å². The highest BCUT2D eigenvalue weighted by Crippen LogP contribution is 2.32. The summed E-state index contributed by atoms with van der Waals surface area (Å²) in [6, 6.07) is 1.65. The maximum Gasteiger partial charge on any atom is 0.389 e. The molecule has 224 valence electrons. The van der Waals surface area contributed by atoms with E-state index in [1.807, 2.05) is 0 Å². The number of hydrogen-bond donors (Lipinski definition) is 2. The van der Waals surface area contributed by atoms with Gasteiger partial charge in [0, 0.05) is 32.0 Å². The number of halogens is 5. The predicted molar refractivity (Wildman–Crippen MR) is 140 cm³/mol. The SMILES string of the molecule is C1CC1.Cc1cncc(C(=O)NCc2cn3ncc(CNC(=O)CCC(F)(F)F)cc3n2)n1.FC1(F)CCCCC1. The molecule has 2 aliphatic rings. The second-order valence-corrected chi connectivity index (χ2v) is 10.00. The van der Waals surface area contributed by atoms with Gasteiger partial charge >= 0.3 is 6.18 Å². The Hall–Kier alpha value is -3.71. The zero-order valence-electron chi connectivity index (χ0n) is 22.8. The average molecular weight is 584 g/mol. The molecule has 2 saturated carbocycles. The third-order valence-corrected chi connectivity index (χ3v) is 5.91. The van der Waals surface area contributed by atoms with Crippen LogP contribution >= 0.6 is 0 Å². The second kappa shape index (κ2) is 14.8. The lowest BCUT2D eigenvalue weighted by atomic mass is 9.97. The Kier molecular flexibility index (Phi) is 11.5. The van der Waals surface area contributed by atoms with Gasteiger partial charge in [-0.25, -0.2) is 23.3 Å². The summed E-state index contributed by atoms with van der Waals surface area (Å²) in [6.07, 6.45) is 7.01. The van der Waals surface area contributed by atoms with Crippen LogP contribution in [0.15, 0.2) is 30.9 Å². The van der Waals surface area contributed by atoms with E-state index in [-0.39, 0.29) is 31.6 Å². The average Bonchev–Trinajstić information content (AvgIpc) is 3.75. The molecule has 0 saturated heterocycles. The summed E-state index contributed by atoms with van der Waals surface area (Å²) in [7, 11) is 0. The van der Waals surface area contributed by atoms with Gasteiger partial charge in [-0.05, 0) is 31.4 Å². The van der Waals surface area contributed by atoms with Crippen molar-refractivity contribution < 1.29 is 31.5 Å². The number of amides is 2. The Balaban J connectivity index is 0.000000347. The first-order chi connectivity index (χ1) is 19.4. The molecule has 9 nitrogen and oxygen atoms in total. The van der Waals surface area contributed by atoms with Crippen LogP contribution in [-0.4, -0.2) is 48.5 Å². The van der Waals surface area contributed by atoms with Crippen LogP contribution in [0.3, 0.4) is 0 Å². The molecule has 2 aliphatic carbocycles. The van der Waals surface area contributed by atoms with Crippen LogP contribution in [0, 0.1) is 6.92 Å². The quantitative estimate of drug-likeness (QED) is 0.357. The molecule has 0 atom stereocenters. The minimum absolute atomic E-state index is 0.0329. The van der Waals surface area contributed by atoms with Crippen molar-refractivity contribution in [1.29, 1.82) is 0 Å². The minimum atomic E-state index is -4.37. The minimum Gasteiger partial charge on any atom is -0.352 e. The van der Waals surface area contributed by atoms with Gasteiger partial charge in [-0.2, -0.15) is 18.3 Å². The first-order valence-electron chi connectivity index (χ1n) is 13.5. The van der Waals surface area contributed by atoms with E-state index >= 15 is 0 Å². The lowest BCUT2D eigenvalue weighted by molar-refractivity contribution is -0.144. The normalized spacial score (nSPS) is 15.6. The van der Waals surface area contributed by atoms with Gasteiger partial charge in [-0.3, -0.25) is 14.6 Å². The van der Waals surface area contributed by atoms with Gasteiger partial charge in [0.25, 0.3) is 5.91 Å². The standard InChI is InChI=1S/C18H18F3N7O2.C6H10F2.C3H6/c1-11-5-22-9-14(26-11)17(30)24-8-13-10-28-15(27-13)4-12(7-25-28)6-23-16(29)2-3-18(19,20)21;7-6(8)4-2-1-3-5-6;1-2-3-1/h4-5,7,9-10H,2-3,6,8H2,1H3,(H,23,29)(H,24,30);1-5H2;1-3H2. The number of rotatable bonds is 7. The Bertz CT molecular complexity index is 1280. The van der Waals surface area contributed by atoms with E-state index in [4.69, 9.17) is 0 Å². The summed E-state index contributed by atoms with van der Waals surface area (Å²) in [5.74, 6) is -3.41. The summed E-state index contributed by atoms with van der Waals surface area (Å²) in [5, 5.41) is 9.26. The first-order valence-corrected chi connectivity index (χ1v) is 13.5. The van der Waals surface area contributed by atoms with E-state index in [0.29, 0.717) is 35.4 Å². The fourth-order valence-electron chi connectivity index (χ4n) is 3.59. The number of nitrogens with zero attached hydrogens (tertiary/aromatic N) is 5. The molecule has 2 N–H and O–H groups in total. The van der Waals surface area contributed by atoms with Crippen molar-refractivity contribution in [2.45, 2.75) is 96.3 Å². The lowest BCUT2D eigenvalue weighted by Gasteiger charge is -2.20. The summed E-state index contributed by atoms with van der Waals surface area (Å²) in [5.41, 5.74) is 2.41. The fourth-order valence-corrected chi connectivity index (χ4v) is 3.59. The number of aryl methyl sites for hydroxylation is 1. The lowest BCUT2D eigenvalue weighted by Crippen LogP contribution is -2.24. The highest BCUT2D eigenvalue weighted by atomic mass is 19.4. The van der Waals surface area contributed by atoms with Gasteiger partial charge in [-0.1, -0.05) is 25.7 Å². The van der Waals surface area contributed by atoms with Crippen LogP contribution in [0.5, 0.6) is 0 Å². The molecular formula is C27H34F5N7O2. The molecule has 2 amide bonds. The smallest absolute Gasteiger partial charge is 0.352 e. The number of imidazole rings is 1. The largest absolute Gasteiger partial charge is 0.389 e. The molecule has 0 radical (unpaired) electrons. The Morgan fingerprint density at radius 3 is 2.22 bits per heavy atom. The van der Waals surface area contributed by atoms with Crippen molar-refractivity contribution in [3.63, 3.8) is 0 Å². The van der Waals surface area contributed by atoms with Crippen molar-refractivity contribution in [2.24, 2.45) is 0 Å². The molecule has 3 aromatic heterocycles. The number of nitrogens with one attached hydrogen (secondary N) is 2. The van der Waals surface area contributed by atoms with E-state index in [2.05, 4.69) is 30.7 Å². The molecule has 0 aromatic carbocycles. The molecule has 2 fully saturated rings.